The van der Waals surface area contributed by atoms with E-state index < -0.39 is 0 Å². The van der Waals surface area contributed by atoms with Crippen LogP contribution in [0, 0.1) is 0 Å². The monoisotopic (exact) mass is 286 g/mol. The van der Waals surface area contributed by atoms with E-state index in [1.165, 1.54) is 6.20 Å². The van der Waals surface area contributed by atoms with Gasteiger partial charge < -0.3 is 10.0 Å². The quantitative estimate of drug-likeness (QED) is 0.919. The van der Waals surface area contributed by atoms with Gasteiger partial charge in [-0.05, 0) is 35.8 Å². The number of aliphatic hydroxyl groups excluding tert-OH is 1. The molecule has 16 heavy (non-hydrogen) atoms. The Morgan fingerprint density at radius 3 is 2.56 bits per heavy atom. The topological polar surface area (TPSA) is 53.4 Å². The number of aliphatic hydroxyl groups is 1. The van der Waals surface area contributed by atoms with Gasteiger partial charge in [0.2, 0.25) is 0 Å². The first-order chi connectivity index (χ1) is 7.63. The molecular formula is C11H15BrN2O2. The summed E-state index contributed by atoms with van der Waals surface area (Å²) in [6.07, 6.45) is 1.50. The normalized spacial score (nSPS) is 10.2. The van der Waals surface area contributed by atoms with E-state index >= 15 is 0 Å². The summed E-state index contributed by atoms with van der Waals surface area (Å²) < 4.78 is 0.660. The van der Waals surface area contributed by atoms with Gasteiger partial charge in [-0.25, -0.2) is 0 Å². The van der Waals surface area contributed by atoms with Gasteiger partial charge in [-0.3, -0.25) is 9.78 Å². The molecule has 0 spiro atoms. The first kappa shape index (κ1) is 13.1. The van der Waals surface area contributed by atoms with E-state index in [1.54, 1.807) is 11.0 Å². The SMILES string of the molecule is CCN(CC)C(=O)c1cnc(CO)c(Br)c1. The molecule has 1 heterocycles. The van der Waals surface area contributed by atoms with Gasteiger partial charge in [0.05, 0.1) is 17.9 Å². The van der Waals surface area contributed by atoms with Gasteiger partial charge in [0.15, 0.2) is 0 Å². The standard InChI is InChI=1S/C11H15BrN2O2/c1-3-14(4-2)11(16)8-5-9(12)10(7-15)13-6-8/h5-6,15H,3-4,7H2,1-2H3. The maximum atomic E-state index is 12.0. The smallest absolute Gasteiger partial charge is 0.255 e. The van der Waals surface area contributed by atoms with E-state index in [2.05, 4.69) is 20.9 Å². The summed E-state index contributed by atoms with van der Waals surface area (Å²) in [4.78, 5) is 17.7. The molecule has 1 amide bonds. The zero-order valence-corrected chi connectivity index (χ0v) is 11.0. The van der Waals surface area contributed by atoms with Gasteiger partial charge in [0.1, 0.15) is 0 Å². The Bertz CT molecular complexity index is 378. The summed E-state index contributed by atoms with van der Waals surface area (Å²) >= 11 is 3.28. The molecule has 0 atom stereocenters. The van der Waals surface area contributed by atoms with Crippen LogP contribution in [0.5, 0.6) is 0 Å². The molecule has 1 N–H and O–H groups in total. The molecule has 0 aliphatic carbocycles. The molecule has 5 heteroatoms. The van der Waals surface area contributed by atoms with Gasteiger partial charge >= 0.3 is 0 Å². The molecule has 0 aromatic carbocycles. The van der Waals surface area contributed by atoms with Crippen LogP contribution in [0.4, 0.5) is 0 Å². The first-order valence-electron chi connectivity index (χ1n) is 5.18. The second kappa shape index (κ2) is 5.96. The Labute approximate surface area is 103 Å². The zero-order chi connectivity index (χ0) is 12.1. The number of aromatic nitrogens is 1. The molecule has 0 radical (unpaired) electrons. The van der Waals surface area contributed by atoms with Crippen LogP contribution in [0.15, 0.2) is 16.7 Å². The molecule has 0 fully saturated rings. The minimum Gasteiger partial charge on any atom is -0.390 e. The Morgan fingerprint density at radius 1 is 1.50 bits per heavy atom. The van der Waals surface area contributed by atoms with Gasteiger partial charge in [0, 0.05) is 23.8 Å². The lowest BCUT2D eigenvalue weighted by molar-refractivity contribution is 0.0772. The Hall–Kier alpha value is -0.940. The third-order valence-electron chi connectivity index (χ3n) is 2.36. The fourth-order valence-electron chi connectivity index (χ4n) is 1.39. The lowest BCUT2D eigenvalue weighted by Gasteiger charge is -2.18. The van der Waals surface area contributed by atoms with Crippen molar-refractivity contribution in [3.63, 3.8) is 0 Å². The van der Waals surface area contributed by atoms with Crippen LogP contribution >= 0.6 is 15.9 Å². The van der Waals surface area contributed by atoms with E-state index in [1.807, 2.05) is 13.8 Å². The van der Waals surface area contributed by atoms with Gasteiger partial charge in [-0.1, -0.05) is 0 Å². The molecule has 0 bridgehead atoms. The fraction of sp³-hybridized carbons (Fsp3) is 0.455. The number of halogens is 1. The highest BCUT2D eigenvalue weighted by Crippen LogP contribution is 2.17. The van der Waals surface area contributed by atoms with Crippen molar-refractivity contribution in [1.29, 1.82) is 0 Å². The van der Waals surface area contributed by atoms with Crippen molar-refractivity contribution in [3.05, 3.63) is 28.0 Å². The second-order valence-corrected chi connectivity index (χ2v) is 4.14. The first-order valence-corrected chi connectivity index (χ1v) is 5.97. The molecule has 0 unspecified atom stereocenters. The van der Waals surface area contributed by atoms with Crippen LogP contribution in [0.1, 0.15) is 29.9 Å². The minimum atomic E-state index is -0.139. The van der Waals surface area contributed by atoms with Crippen molar-refractivity contribution in [3.8, 4) is 0 Å². The Kier molecular flexibility index (Phi) is 4.89. The fourth-order valence-corrected chi connectivity index (χ4v) is 1.87. The number of hydrogen-bond acceptors (Lipinski definition) is 3. The van der Waals surface area contributed by atoms with E-state index in [-0.39, 0.29) is 12.5 Å². The van der Waals surface area contributed by atoms with Crippen molar-refractivity contribution in [2.75, 3.05) is 13.1 Å². The maximum Gasteiger partial charge on any atom is 0.255 e. The zero-order valence-electron chi connectivity index (χ0n) is 9.40. The number of carbonyl (C=O) groups is 1. The summed E-state index contributed by atoms with van der Waals surface area (Å²) in [6.45, 7) is 5.08. The Morgan fingerprint density at radius 2 is 2.12 bits per heavy atom. The molecule has 1 aromatic heterocycles. The highest BCUT2D eigenvalue weighted by Gasteiger charge is 2.14. The Balaban J connectivity index is 2.96. The largest absolute Gasteiger partial charge is 0.390 e. The van der Waals surface area contributed by atoms with Crippen LogP contribution in [-0.4, -0.2) is 34.0 Å². The summed E-state index contributed by atoms with van der Waals surface area (Å²) in [5, 5.41) is 8.96. The number of amides is 1. The second-order valence-electron chi connectivity index (χ2n) is 3.29. The predicted molar refractivity (Wildman–Crippen MR) is 65.1 cm³/mol. The number of pyridine rings is 1. The van der Waals surface area contributed by atoms with Crippen molar-refractivity contribution in [2.45, 2.75) is 20.5 Å². The average Bonchev–Trinajstić information content (AvgIpc) is 2.30. The van der Waals surface area contributed by atoms with E-state index in [0.29, 0.717) is 28.8 Å². The van der Waals surface area contributed by atoms with Crippen LogP contribution in [0.3, 0.4) is 0 Å². The molecule has 0 aliphatic heterocycles. The minimum absolute atomic E-state index is 0.0392. The van der Waals surface area contributed by atoms with Crippen molar-refractivity contribution in [1.82, 2.24) is 9.88 Å². The van der Waals surface area contributed by atoms with Crippen molar-refractivity contribution >= 4 is 21.8 Å². The van der Waals surface area contributed by atoms with E-state index in [4.69, 9.17) is 5.11 Å². The van der Waals surface area contributed by atoms with Gasteiger partial charge in [0.25, 0.3) is 5.91 Å². The molecule has 0 aliphatic rings. The number of carbonyl (C=O) groups excluding carboxylic acids is 1. The van der Waals surface area contributed by atoms with E-state index in [9.17, 15) is 4.79 Å². The van der Waals surface area contributed by atoms with Crippen LogP contribution in [-0.2, 0) is 6.61 Å². The molecule has 0 saturated heterocycles. The summed E-state index contributed by atoms with van der Waals surface area (Å²) in [7, 11) is 0. The molecule has 4 nitrogen and oxygen atoms in total. The number of hydrogen-bond donors (Lipinski definition) is 1. The summed E-state index contributed by atoms with van der Waals surface area (Å²) in [6, 6.07) is 1.69. The molecule has 1 rings (SSSR count). The van der Waals surface area contributed by atoms with Crippen LogP contribution in [0.2, 0.25) is 0 Å². The number of rotatable bonds is 4. The predicted octanol–water partition coefficient (Wildman–Crippen LogP) is 1.82. The van der Waals surface area contributed by atoms with Crippen LogP contribution < -0.4 is 0 Å². The molecule has 1 aromatic rings. The molecule has 88 valence electrons. The third-order valence-corrected chi connectivity index (χ3v) is 3.05. The molecule has 0 saturated carbocycles. The average molecular weight is 287 g/mol. The van der Waals surface area contributed by atoms with Crippen molar-refractivity contribution < 1.29 is 9.90 Å². The van der Waals surface area contributed by atoms with E-state index in [0.717, 1.165) is 0 Å². The van der Waals surface area contributed by atoms with Gasteiger partial charge in [-0.15, -0.1) is 0 Å². The highest BCUT2D eigenvalue weighted by atomic mass is 79.9. The van der Waals surface area contributed by atoms with Gasteiger partial charge in [-0.2, -0.15) is 0 Å². The maximum absolute atomic E-state index is 12.0. The third kappa shape index (κ3) is 2.80. The molecular weight excluding hydrogens is 272 g/mol. The lowest BCUT2D eigenvalue weighted by Crippen LogP contribution is -2.30. The van der Waals surface area contributed by atoms with Crippen LogP contribution in [0.25, 0.3) is 0 Å². The highest BCUT2D eigenvalue weighted by molar-refractivity contribution is 9.10. The summed E-state index contributed by atoms with van der Waals surface area (Å²) in [5.41, 5.74) is 1.07. The lowest BCUT2D eigenvalue weighted by atomic mass is 10.2. The van der Waals surface area contributed by atoms with Crippen molar-refractivity contribution in [2.24, 2.45) is 0 Å². The number of nitrogens with zero attached hydrogens (tertiary/aromatic N) is 2. The summed E-state index contributed by atoms with van der Waals surface area (Å²) in [5.74, 6) is -0.0392.